The molecule has 2 aromatic heterocycles. The lowest BCUT2D eigenvalue weighted by Gasteiger charge is -2.21. The van der Waals surface area contributed by atoms with E-state index < -0.39 is 0 Å². The zero-order chi connectivity index (χ0) is 15.1. The molecule has 0 saturated heterocycles. The fourth-order valence-corrected chi connectivity index (χ4v) is 2.20. The van der Waals surface area contributed by atoms with Crippen molar-refractivity contribution < 1.29 is 0 Å². The maximum absolute atomic E-state index is 4.64. The molecular weight excluding hydrogens is 262 g/mol. The third-order valence-corrected chi connectivity index (χ3v) is 3.30. The van der Waals surface area contributed by atoms with Gasteiger partial charge in [-0.05, 0) is 32.4 Å². The molecule has 0 saturated carbocycles. The third-order valence-electron chi connectivity index (χ3n) is 3.30. The second-order valence-electron chi connectivity index (χ2n) is 4.82. The van der Waals surface area contributed by atoms with Gasteiger partial charge in [-0.2, -0.15) is 4.98 Å². The van der Waals surface area contributed by atoms with Crippen molar-refractivity contribution in [1.29, 1.82) is 0 Å². The van der Waals surface area contributed by atoms with Crippen molar-refractivity contribution in [1.82, 2.24) is 15.0 Å². The molecule has 2 rings (SSSR count). The monoisotopic (exact) mass is 285 g/mol. The summed E-state index contributed by atoms with van der Waals surface area (Å²) in [6, 6.07) is 5.91. The fourth-order valence-electron chi connectivity index (χ4n) is 2.20. The van der Waals surface area contributed by atoms with Crippen LogP contribution in [0.1, 0.15) is 32.9 Å². The summed E-state index contributed by atoms with van der Waals surface area (Å²) in [7, 11) is 0. The number of pyridine rings is 1. The number of hydrogen-bond donors (Lipinski definition) is 1. The van der Waals surface area contributed by atoms with Crippen LogP contribution in [-0.2, 0) is 6.42 Å². The minimum absolute atomic E-state index is 0.647. The summed E-state index contributed by atoms with van der Waals surface area (Å²) in [6.45, 7) is 8.32. The molecule has 0 atom stereocenters. The largest absolute Gasteiger partial charge is 0.357 e. The topological polar surface area (TPSA) is 53.9 Å². The highest BCUT2D eigenvalue weighted by Gasteiger charge is 2.09. The van der Waals surface area contributed by atoms with E-state index in [2.05, 4.69) is 52.0 Å². The first kappa shape index (κ1) is 15.2. The molecule has 0 fully saturated rings. The van der Waals surface area contributed by atoms with Crippen molar-refractivity contribution in [2.45, 2.75) is 33.6 Å². The molecule has 2 heterocycles. The van der Waals surface area contributed by atoms with Gasteiger partial charge in [0.1, 0.15) is 5.82 Å². The van der Waals surface area contributed by atoms with Gasteiger partial charge in [0.15, 0.2) is 0 Å². The van der Waals surface area contributed by atoms with Gasteiger partial charge in [0.05, 0.1) is 0 Å². The molecule has 0 spiro atoms. The van der Waals surface area contributed by atoms with Crippen LogP contribution >= 0.6 is 0 Å². The summed E-state index contributed by atoms with van der Waals surface area (Å²) in [5, 5.41) is 3.26. The lowest BCUT2D eigenvalue weighted by molar-refractivity contribution is 0.824. The summed E-state index contributed by atoms with van der Waals surface area (Å²) >= 11 is 0. The SMILES string of the molecule is CCCc1cc(N(CC)CC)nc(Nc2ccncc2)n1. The molecule has 0 aliphatic heterocycles. The van der Waals surface area contributed by atoms with Crippen LogP contribution in [0.4, 0.5) is 17.5 Å². The Balaban J connectivity index is 2.30. The Hall–Kier alpha value is -2.17. The van der Waals surface area contributed by atoms with Crippen LogP contribution in [0.2, 0.25) is 0 Å². The molecule has 2 aromatic rings. The van der Waals surface area contributed by atoms with Crippen LogP contribution in [0.5, 0.6) is 0 Å². The normalized spacial score (nSPS) is 10.4. The molecule has 21 heavy (non-hydrogen) atoms. The maximum atomic E-state index is 4.64. The molecule has 0 aliphatic carbocycles. The smallest absolute Gasteiger partial charge is 0.229 e. The molecule has 5 heteroatoms. The summed E-state index contributed by atoms with van der Waals surface area (Å²) in [5.41, 5.74) is 2.02. The Morgan fingerprint density at radius 3 is 2.38 bits per heavy atom. The van der Waals surface area contributed by atoms with E-state index in [0.717, 1.165) is 43.1 Å². The first-order valence-electron chi connectivity index (χ1n) is 7.56. The maximum Gasteiger partial charge on any atom is 0.229 e. The first-order chi connectivity index (χ1) is 10.3. The van der Waals surface area contributed by atoms with E-state index in [9.17, 15) is 0 Å². The standard InChI is InChI=1S/C16H23N5/c1-4-7-14-12-15(21(5-2)6-3)20-16(19-14)18-13-8-10-17-11-9-13/h8-12H,4-7H2,1-3H3,(H,17,18,19,20). The molecule has 0 radical (unpaired) electrons. The second-order valence-corrected chi connectivity index (χ2v) is 4.82. The van der Waals surface area contributed by atoms with E-state index in [1.165, 1.54) is 0 Å². The lowest BCUT2D eigenvalue weighted by Crippen LogP contribution is -2.23. The lowest BCUT2D eigenvalue weighted by atomic mass is 10.2. The van der Waals surface area contributed by atoms with Gasteiger partial charge < -0.3 is 10.2 Å². The van der Waals surface area contributed by atoms with Gasteiger partial charge in [0, 0.05) is 42.9 Å². The average molecular weight is 285 g/mol. The summed E-state index contributed by atoms with van der Waals surface area (Å²) in [6.07, 6.45) is 5.54. The zero-order valence-corrected chi connectivity index (χ0v) is 13.0. The summed E-state index contributed by atoms with van der Waals surface area (Å²) in [4.78, 5) is 15.5. The molecule has 0 aliphatic rings. The highest BCUT2D eigenvalue weighted by Crippen LogP contribution is 2.18. The number of nitrogens with zero attached hydrogens (tertiary/aromatic N) is 4. The Kier molecular flexibility index (Phi) is 5.49. The quantitative estimate of drug-likeness (QED) is 0.845. The molecule has 0 bridgehead atoms. The molecule has 0 aromatic carbocycles. The Labute approximate surface area is 126 Å². The number of rotatable bonds is 7. The minimum atomic E-state index is 0.647. The van der Waals surface area contributed by atoms with Crippen molar-refractivity contribution in [2.75, 3.05) is 23.3 Å². The number of hydrogen-bond acceptors (Lipinski definition) is 5. The van der Waals surface area contributed by atoms with Crippen molar-refractivity contribution >= 4 is 17.5 Å². The van der Waals surface area contributed by atoms with Crippen LogP contribution in [-0.4, -0.2) is 28.0 Å². The van der Waals surface area contributed by atoms with E-state index >= 15 is 0 Å². The van der Waals surface area contributed by atoms with E-state index in [0.29, 0.717) is 5.95 Å². The van der Waals surface area contributed by atoms with Crippen molar-refractivity contribution in [3.63, 3.8) is 0 Å². The Morgan fingerprint density at radius 1 is 1.05 bits per heavy atom. The molecular formula is C16H23N5. The van der Waals surface area contributed by atoms with Gasteiger partial charge in [-0.25, -0.2) is 4.98 Å². The molecule has 5 nitrogen and oxygen atoms in total. The third kappa shape index (κ3) is 4.15. The van der Waals surface area contributed by atoms with Crippen LogP contribution in [0.15, 0.2) is 30.6 Å². The van der Waals surface area contributed by atoms with E-state index in [1.54, 1.807) is 12.4 Å². The molecule has 112 valence electrons. The number of aromatic nitrogens is 3. The summed E-state index contributed by atoms with van der Waals surface area (Å²) in [5.74, 6) is 1.63. The molecule has 1 N–H and O–H groups in total. The van der Waals surface area contributed by atoms with Crippen LogP contribution in [0, 0.1) is 0 Å². The molecule has 0 unspecified atom stereocenters. The van der Waals surface area contributed by atoms with Crippen LogP contribution in [0.25, 0.3) is 0 Å². The second kappa shape index (κ2) is 7.57. The van der Waals surface area contributed by atoms with Gasteiger partial charge in [-0.1, -0.05) is 13.3 Å². The number of anilines is 3. The van der Waals surface area contributed by atoms with Gasteiger partial charge >= 0.3 is 0 Å². The van der Waals surface area contributed by atoms with Crippen molar-refractivity contribution in [2.24, 2.45) is 0 Å². The fraction of sp³-hybridized carbons (Fsp3) is 0.438. The molecule has 0 amide bonds. The van der Waals surface area contributed by atoms with Gasteiger partial charge in [0.2, 0.25) is 5.95 Å². The van der Waals surface area contributed by atoms with Crippen molar-refractivity contribution in [3.8, 4) is 0 Å². The summed E-state index contributed by atoms with van der Waals surface area (Å²) < 4.78 is 0. The number of aryl methyl sites for hydroxylation is 1. The van der Waals surface area contributed by atoms with E-state index in [1.807, 2.05) is 12.1 Å². The van der Waals surface area contributed by atoms with Crippen LogP contribution < -0.4 is 10.2 Å². The number of nitrogens with one attached hydrogen (secondary N) is 1. The van der Waals surface area contributed by atoms with Gasteiger partial charge in [-0.3, -0.25) is 4.98 Å². The zero-order valence-electron chi connectivity index (χ0n) is 13.0. The predicted octanol–water partition coefficient (Wildman–Crippen LogP) is 3.41. The van der Waals surface area contributed by atoms with E-state index in [4.69, 9.17) is 0 Å². The highest BCUT2D eigenvalue weighted by molar-refractivity contribution is 5.54. The van der Waals surface area contributed by atoms with Gasteiger partial charge in [-0.15, -0.1) is 0 Å². The van der Waals surface area contributed by atoms with Gasteiger partial charge in [0.25, 0.3) is 0 Å². The minimum Gasteiger partial charge on any atom is -0.357 e. The van der Waals surface area contributed by atoms with Crippen molar-refractivity contribution in [3.05, 3.63) is 36.3 Å². The average Bonchev–Trinajstić information content (AvgIpc) is 2.50. The Morgan fingerprint density at radius 2 is 1.76 bits per heavy atom. The highest BCUT2D eigenvalue weighted by atomic mass is 15.2. The Bertz CT molecular complexity index is 552. The first-order valence-corrected chi connectivity index (χ1v) is 7.56. The van der Waals surface area contributed by atoms with Crippen LogP contribution in [0.3, 0.4) is 0 Å². The van der Waals surface area contributed by atoms with E-state index in [-0.39, 0.29) is 0 Å². The predicted molar refractivity (Wildman–Crippen MR) is 87.1 cm³/mol.